The monoisotopic (exact) mass is 212 g/mol. The number of aromatic hydroxyl groups is 1. The van der Waals surface area contributed by atoms with E-state index in [0.717, 1.165) is 4.70 Å². The molecule has 2 nitrogen and oxygen atoms in total. The van der Waals surface area contributed by atoms with Crippen molar-refractivity contribution < 1.29 is 9.90 Å². The highest BCUT2D eigenvalue weighted by Gasteiger charge is 2.09. The van der Waals surface area contributed by atoms with E-state index in [9.17, 15) is 9.90 Å². The van der Waals surface area contributed by atoms with Gasteiger partial charge in [0.15, 0.2) is 6.29 Å². The van der Waals surface area contributed by atoms with Crippen LogP contribution in [-0.2, 0) is 0 Å². The van der Waals surface area contributed by atoms with E-state index in [1.165, 1.54) is 11.3 Å². The normalized spacial score (nSPS) is 10.5. The number of benzene rings is 1. The Morgan fingerprint density at radius 1 is 1.46 bits per heavy atom. The predicted octanol–water partition coefficient (Wildman–Crippen LogP) is 3.07. The zero-order valence-corrected chi connectivity index (χ0v) is 8.02. The molecule has 0 radical (unpaired) electrons. The molecule has 0 spiro atoms. The fourth-order valence-electron chi connectivity index (χ4n) is 1.16. The van der Waals surface area contributed by atoms with Crippen LogP contribution < -0.4 is 0 Å². The Kier molecular flexibility index (Phi) is 1.98. The number of carbonyl (C=O) groups excluding carboxylic acids is 1. The summed E-state index contributed by atoms with van der Waals surface area (Å²) >= 11 is 7.25. The molecule has 0 saturated carbocycles. The maximum atomic E-state index is 10.5. The minimum absolute atomic E-state index is 0.208. The highest BCUT2D eigenvalue weighted by molar-refractivity contribution is 7.18. The Balaban J connectivity index is 2.87. The van der Waals surface area contributed by atoms with Gasteiger partial charge in [-0.3, -0.25) is 4.79 Å². The van der Waals surface area contributed by atoms with E-state index in [1.807, 2.05) is 0 Å². The first-order valence-corrected chi connectivity index (χ1v) is 4.83. The number of hydrogen-bond acceptors (Lipinski definition) is 3. The smallest absolute Gasteiger partial charge is 0.151 e. The molecule has 0 fully saturated rings. The topological polar surface area (TPSA) is 37.3 Å². The second kappa shape index (κ2) is 3.01. The number of rotatable bonds is 1. The molecule has 1 N–H and O–H groups in total. The van der Waals surface area contributed by atoms with E-state index in [2.05, 4.69) is 0 Å². The zero-order chi connectivity index (χ0) is 9.42. The lowest BCUT2D eigenvalue weighted by atomic mass is 10.2. The average molecular weight is 213 g/mol. The van der Waals surface area contributed by atoms with Crippen molar-refractivity contribution in [3.05, 3.63) is 28.1 Å². The van der Waals surface area contributed by atoms with Gasteiger partial charge in [-0.1, -0.05) is 11.6 Å². The molecule has 1 heterocycles. The predicted molar refractivity (Wildman–Crippen MR) is 53.9 cm³/mol. The van der Waals surface area contributed by atoms with Gasteiger partial charge >= 0.3 is 0 Å². The van der Waals surface area contributed by atoms with E-state index in [0.29, 0.717) is 22.3 Å². The molecule has 0 bridgehead atoms. The van der Waals surface area contributed by atoms with Crippen molar-refractivity contribution in [1.29, 1.82) is 0 Å². The van der Waals surface area contributed by atoms with Crippen LogP contribution in [0.15, 0.2) is 17.5 Å². The summed E-state index contributed by atoms with van der Waals surface area (Å²) in [5.41, 5.74) is 0.455. The maximum absolute atomic E-state index is 10.5. The minimum Gasteiger partial charge on any atom is -0.506 e. The summed E-state index contributed by atoms with van der Waals surface area (Å²) in [7, 11) is 0. The fourth-order valence-corrected chi connectivity index (χ4v) is 2.38. The summed E-state index contributed by atoms with van der Waals surface area (Å²) in [6.45, 7) is 0. The Labute approximate surface area is 83.4 Å². The van der Waals surface area contributed by atoms with Crippen molar-refractivity contribution in [3.63, 3.8) is 0 Å². The first kappa shape index (κ1) is 8.53. The summed E-state index contributed by atoms with van der Waals surface area (Å²) in [5, 5.41) is 12.1. The SMILES string of the molecule is O=Cc1ccc2c(O)csc2c1Cl. The zero-order valence-electron chi connectivity index (χ0n) is 6.45. The lowest BCUT2D eigenvalue weighted by Crippen LogP contribution is -1.80. The molecule has 4 heteroatoms. The molecule has 0 aliphatic rings. The average Bonchev–Trinajstić information content (AvgIpc) is 2.50. The first-order valence-electron chi connectivity index (χ1n) is 3.58. The standard InChI is InChI=1S/C9H5ClO2S/c10-8-5(3-11)1-2-6-7(12)4-13-9(6)8/h1-4,12H. The van der Waals surface area contributed by atoms with Crippen LogP contribution in [0.4, 0.5) is 0 Å². The van der Waals surface area contributed by atoms with Gasteiger partial charge in [0.25, 0.3) is 0 Å². The molecule has 1 aromatic carbocycles. The molecule has 0 saturated heterocycles. The molecule has 2 rings (SSSR count). The lowest BCUT2D eigenvalue weighted by molar-refractivity contribution is 0.112. The molecule has 0 atom stereocenters. The van der Waals surface area contributed by atoms with Crippen LogP contribution in [0.1, 0.15) is 10.4 Å². The van der Waals surface area contributed by atoms with Gasteiger partial charge in [-0.2, -0.15) is 0 Å². The number of thiophene rings is 1. The van der Waals surface area contributed by atoms with Crippen LogP contribution in [0.3, 0.4) is 0 Å². The van der Waals surface area contributed by atoms with Gasteiger partial charge in [0.2, 0.25) is 0 Å². The van der Waals surface area contributed by atoms with Gasteiger partial charge in [-0.25, -0.2) is 0 Å². The lowest BCUT2D eigenvalue weighted by Gasteiger charge is -1.96. The quantitative estimate of drug-likeness (QED) is 0.738. The molecule has 0 aliphatic heterocycles. The number of hydrogen-bond donors (Lipinski definition) is 1. The van der Waals surface area contributed by atoms with Crippen molar-refractivity contribution in [2.45, 2.75) is 0 Å². The summed E-state index contributed by atoms with van der Waals surface area (Å²) < 4.78 is 0.753. The van der Waals surface area contributed by atoms with Gasteiger partial charge in [-0.15, -0.1) is 11.3 Å². The van der Waals surface area contributed by atoms with Gasteiger partial charge in [0, 0.05) is 16.3 Å². The van der Waals surface area contributed by atoms with Gasteiger partial charge in [0.1, 0.15) is 5.75 Å². The second-order valence-electron chi connectivity index (χ2n) is 2.58. The highest BCUT2D eigenvalue weighted by Crippen LogP contribution is 2.37. The van der Waals surface area contributed by atoms with Crippen LogP contribution in [0.25, 0.3) is 10.1 Å². The highest BCUT2D eigenvalue weighted by atomic mass is 35.5. The van der Waals surface area contributed by atoms with Gasteiger partial charge in [-0.05, 0) is 12.1 Å². The van der Waals surface area contributed by atoms with E-state index in [-0.39, 0.29) is 5.75 Å². The second-order valence-corrected chi connectivity index (χ2v) is 3.84. The van der Waals surface area contributed by atoms with E-state index < -0.39 is 0 Å². The van der Waals surface area contributed by atoms with Crippen LogP contribution in [-0.4, -0.2) is 11.4 Å². The third-order valence-corrected chi connectivity index (χ3v) is 3.34. The minimum atomic E-state index is 0.208. The number of fused-ring (bicyclic) bond motifs is 1. The van der Waals surface area contributed by atoms with Gasteiger partial charge < -0.3 is 5.11 Å². The van der Waals surface area contributed by atoms with Crippen molar-refractivity contribution in [2.75, 3.05) is 0 Å². The molecular formula is C9H5ClO2S. The molecule has 0 unspecified atom stereocenters. The summed E-state index contributed by atoms with van der Waals surface area (Å²) in [4.78, 5) is 10.5. The van der Waals surface area contributed by atoms with Crippen LogP contribution in [0.5, 0.6) is 5.75 Å². The third kappa shape index (κ3) is 1.20. The summed E-state index contributed by atoms with van der Waals surface area (Å²) in [5.74, 6) is 0.208. The number of halogens is 1. The van der Waals surface area contributed by atoms with Crippen LogP contribution in [0.2, 0.25) is 5.02 Å². The molecule has 66 valence electrons. The van der Waals surface area contributed by atoms with Gasteiger partial charge in [0.05, 0.1) is 9.72 Å². The van der Waals surface area contributed by atoms with Crippen molar-refractivity contribution in [2.24, 2.45) is 0 Å². The molecule has 13 heavy (non-hydrogen) atoms. The summed E-state index contributed by atoms with van der Waals surface area (Å²) in [6, 6.07) is 3.29. The molecule has 1 aromatic heterocycles. The molecule has 2 aromatic rings. The summed E-state index contributed by atoms with van der Waals surface area (Å²) in [6.07, 6.45) is 0.707. The van der Waals surface area contributed by atoms with Crippen molar-refractivity contribution >= 4 is 39.3 Å². The van der Waals surface area contributed by atoms with Crippen molar-refractivity contribution in [3.8, 4) is 5.75 Å². The molecule has 0 amide bonds. The first-order chi connectivity index (χ1) is 6.24. The van der Waals surface area contributed by atoms with E-state index in [4.69, 9.17) is 11.6 Å². The Bertz CT molecular complexity index is 476. The van der Waals surface area contributed by atoms with Crippen LogP contribution in [0, 0.1) is 0 Å². The van der Waals surface area contributed by atoms with Crippen LogP contribution >= 0.6 is 22.9 Å². The largest absolute Gasteiger partial charge is 0.506 e. The maximum Gasteiger partial charge on any atom is 0.151 e. The number of carbonyl (C=O) groups is 1. The van der Waals surface area contributed by atoms with E-state index >= 15 is 0 Å². The van der Waals surface area contributed by atoms with E-state index in [1.54, 1.807) is 17.5 Å². The number of aldehydes is 1. The Morgan fingerprint density at radius 3 is 2.92 bits per heavy atom. The Morgan fingerprint density at radius 2 is 2.23 bits per heavy atom. The van der Waals surface area contributed by atoms with Crippen molar-refractivity contribution in [1.82, 2.24) is 0 Å². The Hall–Kier alpha value is -1.06. The third-order valence-electron chi connectivity index (χ3n) is 1.82. The fraction of sp³-hybridized carbons (Fsp3) is 0. The molecule has 0 aliphatic carbocycles. The molecular weight excluding hydrogens is 208 g/mol.